The van der Waals surface area contributed by atoms with Crippen LogP contribution in [0.15, 0.2) is 18.2 Å². The number of nitrogens with zero attached hydrogens (tertiary/aromatic N) is 2. The molecular formula is C11H16N2O2. The highest BCUT2D eigenvalue weighted by Gasteiger charge is 2.20. The van der Waals surface area contributed by atoms with Gasteiger partial charge in [0.15, 0.2) is 0 Å². The summed E-state index contributed by atoms with van der Waals surface area (Å²) in [5.74, 6) is 0.969. The number of aryl methyl sites for hydroxylation is 1. The number of pyridine rings is 1. The molecule has 4 heteroatoms. The van der Waals surface area contributed by atoms with Crippen LogP contribution in [0.25, 0.3) is 0 Å². The van der Waals surface area contributed by atoms with Gasteiger partial charge in [-0.05, 0) is 19.1 Å². The van der Waals surface area contributed by atoms with E-state index in [0.717, 1.165) is 18.1 Å². The number of aliphatic hydroxyl groups excluding tert-OH is 1. The monoisotopic (exact) mass is 208 g/mol. The van der Waals surface area contributed by atoms with Crippen molar-refractivity contribution in [2.24, 2.45) is 0 Å². The highest BCUT2D eigenvalue weighted by molar-refractivity contribution is 5.39. The number of hydrogen-bond acceptors (Lipinski definition) is 4. The molecule has 4 nitrogen and oxygen atoms in total. The van der Waals surface area contributed by atoms with Gasteiger partial charge in [0.25, 0.3) is 0 Å². The van der Waals surface area contributed by atoms with Gasteiger partial charge in [0.1, 0.15) is 5.82 Å². The van der Waals surface area contributed by atoms with Crippen molar-refractivity contribution in [3.8, 4) is 0 Å². The summed E-state index contributed by atoms with van der Waals surface area (Å²) >= 11 is 0. The van der Waals surface area contributed by atoms with E-state index in [0.29, 0.717) is 13.2 Å². The van der Waals surface area contributed by atoms with Crippen LogP contribution in [0.3, 0.4) is 0 Å². The second kappa shape index (κ2) is 4.59. The highest BCUT2D eigenvalue weighted by atomic mass is 16.5. The van der Waals surface area contributed by atoms with Crippen LogP contribution in [-0.4, -0.2) is 42.5 Å². The first-order valence-corrected chi connectivity index (χ1v) is 5.20. The average molecular weight is 208 g/mol. The Morgan fingerprint density at radius 2 is 2.47 bits per heavy atom. The maximum absolute atomic E-state index is 9.04. The molecule has 15 heavy (non-hydrogen) atoms. The molecular weight excluding hydrogens is 192 g/mol. The van der Waals surface area contributed by atoms with Crippen LogP contribution >= 0.6 is 0 Å². The first-order valence-electron chi connectivity index (χ1n) is 5.20. The Bertz CT molecular complexity index is 330. The Morgan fingerprint density at radius 3 is 3.20 bits per heavy atom. The topological polar surface area (TPSA) is 45.6 Å². The van der Waals surface area contributed by atoms with Crippen LogP contribution in [-0.2, 0) is 4.74 Å². The lowest BCUT2D eigenvalue weighted by molar-refractivity contribution is 0.00336. The van der Waals surface area contributed by atoms with E-state index >= 15 is 0 Å². The summed E-state index contributed by atoms with van der Waals surface area (Å²) in [6.07, 6.45) is -0.0823. The molecule has 0 aromatic carbocycles. The van der Waals surface area contributed by atoms with E-state index in [9.17, 15) is 0 Å². The fourth-order valence-electron chi connectivity index (χ4n) is 1.74. The Balaban J connectivity index is 2.09. The third-order valence-corrected chi connectivity index (χ3v) is 2.54. The molecule has 0 spiro atoms. The molecule has 0 bridgehead atoms. The number of aliphatic hydroxyl groups is 1. The van der Waals surface area contributed by atoms with Gasteiger partial charge in [-0.25, -0.2) is 4.98 Å². The number of hydrogen-bond donors (Lipinski definition) is 1. The van der Waals surface area contributed by atoms with Crippen molar-refractivity contribution in [3.63, 3.8) is 0 Å². The normalized spacial score (nSPS) is 21.7. The van der Waals surface area contributed by atoms with Crippen molar-refractivity contribution in [1.82, 2.24) is 4.98 Å². The first kappa shape index (κ1) is 10.4. The summed E-state index contributed by atoms with van der Waals surface area (Å²) < 4.78 is 5.39. The maximum atomic E-state index is 9.04. The predicted octanol–water partition coefficient (Wildman–Crippen LogP) is 0.588. The zero-order valence-electron chi connectivity index (χ0n) is 8.89. The number of morpholine rings is 1. The molecule has 1 fully saturated rings. The fraction of sp³-hybridized carbons (Fsp3) is 0.545. The minimum Gasteiger partial charge on any atom is -0.394 e. The molecule has 0 saturated carbocycles. The maximum Gasteiger partial charge on any atom is 0.128 e. The van der Waals surface area contributed by atoms with Gasteiger partial charge in [-0.2, -0.15) is 0 Å². The lowest BCUT2D eigenvalue weighted by Gasteiger charge is -2.32. The zero-order chi connectivity index (χ0) is 10.7. The van der Waals surface area contributed by atoms with Crippen molar-refractivity contribution < 1.29 is 9.84 Å². The van der Waals surface area contributed by atoms with E-state index in [-0.39, 0.29) is 12.7 Å². The Morgan fingerprint density at radius 1 is 1.60 bits per heavy atom. The van der Waals surface area contributed by atoms with Crippen LogP contribution in [0.5, 0.6) is 0 Å². The molecule has 1 aliphatic rings. The standard InChI is InChI=1S/C11H16N2O2/c1-9-3-2-4-11(12-9)13-5-6-15-10(7-13)8-14/h2-4,10,14H,5-8H2,1H3. The summed E-state index contributed by atoms with van der Waals surface area (Å²) in [5.41, 5.74) is 1.01. The SMILES string of the molecule is Cc1cccc(N2CCOC(CO)C2)n1. The van der Waals surface area contributed by atoms with Gasteiger partial charge < -0.3 is 14.7 Å². The number of rotatable bonds is 2. The quantitative estimate of drug-likeness (QED) is 0.772. The van der Waals surface area contributed by atoms with Gasteiger partial charge >= 0.3 is 0 Å². The van der Waals surface area contributed by atoms with Crippen LogP contribution in [0, 0.1) is 6.92 Å². The van der Waals surface area contributed by atoms with Gasteiger partial charge in [-0.1, -0.05) is 6.07 Å². The second-order valence-electron chi connectivity index (χ2n) is 3.76. The predicted molar refractivity (Wildman–Crippen MR) is 58.0 cm³/mol. The molecule has 1 aromatic heterocycles. The highest BCUT2D eigenvalue weighted by Crippen LogP contribution is 2.15. The Hall–Kier alpha value is -1.13. The molecule has 2 heterocycles. The summed E-state index contributed by atoms with van der Waals surface area (Å²) in [6.45, 7) is 4.26. The van der Waals surface area contributed by atoms with Crippen molar-refractivity contribution in [2.75, 3.05) is 31.2 Å². The lowest BCUT2D eigenvalue weighted by atomic mass is 10.2. The number of aromatic nitrogens is 1. The molecule has 0 radical (unpaired) electrons. The van der Waals surface area contributed by atoms with Crippen molar-refractivity contribution in [1.29, 1.82) is 0 Å². The molecule has 0 amide bonds. The van der Waals surface area contributed by atoms with E-state index < -0.39 is 0 Å². The summed E-state index contributed by atoms with van der Waals surface area (Å²) in [5, 5.41) is 9.04. The van der Waals surface area contributed by atoms with Crippen molar-refractivity contribution >= 4 is 5.82 Å². The molecule has 82 valence electrons. The first-order chi connectivity index (χ1) is 7.29. The molecule has 1 atom stereocenters. The van der Waals surface area contributed by atoms with Crippen molar-refractivity contribution in [3.05, 3.63) is 23.9 Å². The lowest BCUT2D eigenvalue weighted by Crippen LogP contribution is -2.44. The van der Waals surface area contributed by atoms with Gasteiger partial charge in [0, 0.05) is 18.8 Å². The number of ether oxygens (including phenoxy) is 1. The van der Waals surface area contributed by atoms with Crippen LogP contribution in [0.2, 0.25) is 0 Å². The summed E-state index contributed by atoms with van der Waals surface area (Å²) in [6, 6.07) is 5.97. The van der Waals surface area contributed by atoms with Crippen LogP contribution in [0.1, 0.15) is 5.69 Å². The Labute approximate surface area is 89.5 Å². The van der Waals surface area contributed by atoms with E-state index in [1.54, 1.807) is 0 Å². The van der Waals surface area contributed by atoms with Gasteiger partial charge in [0.2, 0.25) is 0 Å². The minimum absolute atomic E-state index is 0.0717. The molecule has 2 rings (SSSR count). The smallest absolute Gasteiger partial charge is 0.128 e. The molecule has 1 unspecified atom stereocenters. The van der Waals surface area contributed by atoms with Gasteiger partial charge in [-0.3, -0.25) is 0 Å². The van der Waals surface area contributed by atoms with Crippen LogP contribution < -0.4 is 4.90 Å². The molecule has 1 saturated heterocycles. The number of anilines is 1. The molecule has 1 N–H and O–H groups in total. The zero-order valence-corrected chi connectivity index (χ0v) is 8.89. The van der Waals surface area contributed by atoms with Gasteiger partial charge in [0.05, 0.1) is 19.3 Å². The molecule has 1 aromatic rings. The third kappa shape index (κ3) is 2.46. The summed E-state index contributed by atoms with van der Waals surface area (Å²) in [4.78, 5) is 6.60. The van der Waals surface area contributed by atoms with E-state index in [1.807, 2.05) is 25.1 Å². The van der Waals surface area contributed by atoms with E-state index in [4.69, 9.17) is 9.84 Å². The molecule has 0 aliphatic carbocycles. The fourth-order valence-corrected chi connectivity index (χ4v) is 1.74. The van der Waals surface area contributed by atoms with E-state index in [2.05, 4.69) is 9.88 Å². The second-order valence-corrected chi connectivity index (χ2v) is 3.76. The summed E-state index contributed by atoms with van der Waals surface area (Å²) in [7, 11) is 0. The van der Waals surface area contributed by atoms with E-state index in [1.165, 1.54) is 0 Å². The van der Waals surface area contributed by atoms with Gasteiger partial charge in [-0.15, -0.1) is 0 Å². The van der Waals surface area contributed by atoms with Crippen molar-refractivity contribution in [2.45, 2.75) is 13.0 Å². The van der Waals surface area contributed by atoms with Crippen LogP contribution in [0.4, 0.5) is 5.82 Å². The largest absolute Gasteiger partial charge is 0.394 e. The average Bonchev–Trinajstić information content (AvgIpc) is 2.29. The Kier molecular flexibility index (Phi) is 3.18. The third-order valence-electron chi connectivity index (χ3n) is 2.54. The molecule has 1 aliphatic heterocycles. The minimum atomic E-state index is -0.0823.